The van der Waals surface area contributed by atoms with Gasteiger partial charge in [0.25, 0.3) is 0 Å². The summed E-state index contributed by atoms with van der Waals surface area (Å²) in [5.74, 6) is -6.23. The van der Waals surface area contributed by atoms with Gasteiger partial charge < -0.3 is 76.6 Å². The van der Waals surface area contributed by atoms with Gasteiger partial charge in [-0.3, -0.25) is 24.0 Å². The third-order valence-corrected chi connectivity index (χ3v) is 7.89. The number of ether oxygens (including phenoxy) is 4. The van der Waals surface area contributed by atoms with Gasteiger partial charge in [-0.1, -0.05) is 0 Å². The predicted molar refractivity (Wildman–Crippen MR) is 156 cm³/mol. The molecule has 0 aromatic rings. The number of carboxylic acids is 2. The number of aliphatic hydroxyl groups excluding tert-OH is 4. The van der Waals surface area contributed by atoms with Crippen LogP contribution in [-0.2, 0) is 47.7 Å². The molecule has 0 aromatic heterocycles. The number of rotatable bonds is 16. The average Bonchev–Trinajstić information content (AvgIpc) is 3.00. The van der Waals surface area contributed by atoms with Crippen LogP contribution in [0.3, 0.4) is 0 Å². The number of carbonyl (C=O) groups is 6. The number of carbonyl (C=O) groups excluding carboxylic acids is 4. The lowest BCUT2D eigenvalue weighted by atomic mass is 9.93. The predicted octanol–water partition coefficient (Wildman–Crippen LogP) is -5.71. The Balaban J connectivity index is 2.51. The first kappa shape index (κ1) is 40.6. The van der Waals surface area contributed by atoms with Crippen molar-refractivity contribution >= 4 is 35.6 Å². The first-order valence-corrected chi connectivity index (χ1v) is 14.9. The van der Waals surface area contributed by atoms with Crippen LogP contribution < -0.4 is 22.1 Å². The van der Waals surface area contributed by atoms with Gasteiger partial charge in [-0.05, 0) is 20.3 Å². The highest BCUT2D eigenvalue weighted by molar-refractivity contribution is 5.91. The second-order valence-electron chi connectivity index (χ2n) is 11.4. The molecule has 2 fully saturated rings. The molecule has 12 N–H and O–H groups in total. The number of aliphatic hydroxyl groups is 4. The zero-order chi connectivity index (χ0) is 36.6. The molecule has 0 bridgehead atoms. The first-order chi connectivity index (χ1) is 22.4. The molecule has 0 aliphatic carbocycles. The van der Waals surface area contributed by atoms with Crippen LogP contribution in [-0.4, -0.2) is 164 Å². The standard InChI is InChI=1S/C27H45N5O16/c1-9(24(42)31-13(23(29)41)5-6-16(37)38)32(12(4)36)25-17(28)22(45-10(2)26(43)44)21(15(8-34)46-25)48-27-18(30-11(3)35)20(40)19(39)14(7-33)47-27/h9-10,13-15,17-22,25,27,33-34,39-40H,5-8,28H2,1-4H3,(H2,29,41)(H,30,35)(H,31,42)(H,37,38)(H,43,44)/t9-,10+,13+,14+,15+,17+,18+,19+,20+,21+,22+,25?,27?/m0/s1. The van der Waals surface area contributed by atoms with Gasteiger partial charge in [0.05, 0.1) is 19.3 Å². The minimum absolute atomic E-state index is 0.358. The molecule has 2 aliphatic heterocycles. The third kappa shape index (κ3) is 9.99. The summed E-state index contributed by atoms with van der Waals surface area (Å²) in [5.41, 5.74) is 11.8. The van der Waals surface area contributed by atoms with Crippen LogP contribution in [0.25, 0.3) is 0 Å². The van der Waals surface area contributed by atoms with E-state index in [1.807, 2.05) is 0 Å². The Morgan fingerprint density at radius 2 is 1.54 bits per heavy atom. The molecule has 48 heavy (non-hydrogen) atoms. The summed E-state index contributed by atoms with van der Waals surface area (Å²) < 4.78 is 23.3. The van der Waals surface area contributed by atoms with Crippen molar-refractivity contribution in [1.82, 2.24) is 15.5 Å². The highest BCUT2D eigenvalue weighted by Gasteiger charge is 2.54. The van der Waals surface area contributed by atoms with Gasteiger partial charge >= 0.3 is 11.9 Å². The lowest BCUT2D eigenvalue weighted by Gasteiger charge is -2.51. The number of nitrogens with zero attached hydrogens (tertiary/aromatic N) is 1. The summed E-state index contributed by atoms with van der Waals surface area (Å²) in [4.78, 5) is 73.6. The number of nitrogens with two attached hydrogens (primary N) is 2. The van der Waals surface area contributed by atoms with Crippen LogP contribution in [0.2, 0.25) is 0 Å². The highest BCUT2D eigenvalue weighted by Crippen LogP contribution is 2.32. The van der Waals surface area contributed by atoms with E-state index < -0.39 is 135 Å². The van der Waals surface area contributed by atoms with Crippen LogP contribution in [0.1, 0.15) is 40.5 Å². The molecule has 2 heterocycles. The number of hydrogen-bond acceptors (Lipinski definition) is 15. The topological polar surface area (TPSA) is 340 Å². The van der Waals surface area contributed by atoms with E-state index in [-0.39, 0.29) is 6.42 Å². The molecule has 0 radical (unpaired) electrons. The molecule has 13 atom stereocenters. The average molecular weight is 696 g/mol. The molecule has 2 saturated heterocycles. The maximum Gasteiger partial charge on any atom is 0.332 e. The molecule has 4 amide bonds. The fraction of sp³-hybridized carbons (Fsp3) is 0.778. The van der Waals surface area contributed by atoms with Gasteiger partial charge in [0.1, 0.15) is 54.7 Å². The zero-order valence-corrected chi connectivity index (χ0v) is 26.7. The maximum atomic E-state index is 13.2. The van der Waals surface area contributed by atoms with Crippen LogP contribution in [0, 0.1) is 0 Å². The fourth-order valence-electron chi connectivity index (χ4n) is 5.35. The molecule has 0 aromatic carbocycles. The Labute approximate surface area is 274 Å². The normalized spacial score (nSPS) is 32.3. The monoisotopic (exact) mass is 695 g/mol. The molecule has 2 rings (SSSR count). The van der Waals surface area contributed by atoms with Gasteiger partial charge in [-0.25, -0.2) is 4.79 Å². The van der Waals surface area contributed by atoms with E-state index in [9.17, 15) is 54.3 Å². The van der Waals surface area contributed by atoms with Crippen molar-refractivity contribution in [2.45, 2.75) is 120 Å². The van der Waals surface area contributed by atoms with E-state index in [1.54, 1.807) is 0 Å². The van der Waals surface area contributed by atoms with Crippen molar-refractivity contribution in [2.24, 2.45) is 11.5 Å². The molecule has 2 unspecified atom stereocenters. The fourth-order valence-corrected chi connectivity index (χ4v) is 5.35. The van der Waals surface area contributed by atoms with E-state index in [0.29, 0.717) is 0 Å². The summed E-state index contributed by atoms with van der Waals surface area (Å²) in [5, 5.41) is 64.3. The van der Waals surface area contributed by atoms with Crippen molar-refractivity contribution in [2.75, 3.05) is 13.2 Å². The number of hydrogen-bond donors (Lipinski definition) is 10. The zero-order valence-electron chi connectivity index (χ0n) is 26.7. The molecule has 21 nitrogen and oxygen atoms in total. The smallest absolute Gasteiger partial charge is 0.332 e. The number of aliphatic carboxylic acids is 2. The minimum atomic E-state index is -1.74. The SMILES string of the molecule is CC(=O)N[C@H]1C(O[C@H]2[C@H](O[C@H](C)C(=O)O)[C@@H](N)C(N(C(C)=O)[C@@H](C)C(=O)N[C@H](CCC(=O)O)C(N)=O)O[C@@H]2CO)O[C@H](CO)[C@@H](O)[C@@H]1O. The Hall–Kier alpha value is -3.54. The summed E-state index contributed by atoms with van der Waals surface area (Å²) in [6.45, 7) is 2.81. The Morgan fingerprint density at radius 3 is 2.02 bits per heavy atom. The molecule has 0 saturated carbocycles. The van der Waals surface area contributed by atoms with Crippen LogP contribution in [0.15, 0.2) is 0 Å². The summed E-state index contributed by atoms with van der Waals surface area (Å²) in [6.07, 6.45) is -15.3. The Morgan fingerprint density at radius 1 is 0.938 bits per heavy atom. The van der Waals surface area contributed by atoms with Crippen molar-refractivity contribution in [3.63, 3.8) is 0 Å². The largest absolute Gasteiger partial charge is 0.481 e. The summed E-state index contributed by atoms with van der Waals surface area (Å²) in [6, 6.07) is -5.93. The summed E-state index contributed by atoms with van der Waals surface area (Å²) >= 11 is 0. The van der Waals surface area contributed by atoms with E-state index in [2.05, 4.69) is 10.6 Å². The van der Waals surface area contributed by atoms with Crippen molar-refractivity contribution in [3.8, 4) is 0 Å². The van der Waals surface area contributed by atoms with Crippen LogP contribution in [0.5, 0.6) is 0 Å². The lowest BCUT2D eigenvalue weighted by Crippen LogP contribution is -2.72. The molecular weight excluding hydrogens is 650 g/mol. The van der Waals surface area contributed by atoms with E-state index in [1.165, 1.54) is 6.92 Å². The number of primary amides is 1. The number of carboxylic acid groups (broad SMARTS) is 2. The second-order valence-corrected chi connectivity index (χ2v) is 11.4. The summed E-state index contributed by atoms with van der Waals surface area (Å²) in [7, 11) is 0. The van der Waals surface area contributed by atoms with Gasteiger partial charge in [-0.2, -0.15) is 0 Å². The highest BCUT2D eigenvalue weighted by atomic mass is 16.7. The van der Waals surface area contributed by atoms with Crippen LogP contribution in [0.4, 0.5) is 0 Å². The molecular formula is C27H45N5O16. The Kier molecular flexibility index (Phi) is 15.0. The third-order valence-electron chi connectivity index (χ3n) is 7.89. The van der Waals surface area contributed by atoms with E-state index in [0.717, 1.165) is 25.7 Å². The van der Waals surface area contributed by atoms with Gasteiger partial charge in [-0.15, -0.1) is 0 Å². The van der Waals surface area contributed by atoms with Gasteiger partial charge in [0, 0.05) is 20.3 Å². The second kappa shape index (κ2) is 17.7. The first-order valence-electron chi connectivity index (χ1n) is 14.9. The quantitative estimate of drug-likeness (QED) is 0.0719. The molecule has 274 valence electrons. The van der Waals surface area contributed by atoms with Crippen LogP contribution >= 0.6 is 0 Å². The minimum Gasteiger partial charge on any atom is -0.481 e. The van der Waals surface area contributed by atoms with Gasteiger partial charge in [0.2, 0.25) is 23.6 Å². The molecule has 0 spiro atoms. The van der Waals surface area contributed by atoms with Crippen molar-refractivity contribution < 1.29 is 78.4 Å². The van der Waals surface area contributed by atoms with Crippen molar-refractivity contribution in [3.05, 3.63) is 0 Å². The van der Waals surface area contributed by atoms with E-state index >= 15 is 0 Å². The maximum absolute atomic E-state index is 13.2. The number of nitrogens with one attached hydrogen (secondary N) is 2. The number of amides is 4. The van der Waals surface area contributed by atoms with E-state index in [4.69, 9.17) is 35.5 Å². The molecule has 2 aliphatic rings. The lowest BCUT2D eigenvalue weighted by molar-refractivity contribution is -0.325. The Bertz CT molecular complexity index is 1180. The molecule has 21 heteroatoms. The van der Waals surface area contributed by atoms with Gasteiger partial charge in [0.15, 0.2) is 18.6 Å². The van der Waals surface area contributed by atoms with Crippen molar-refractivity contribution in [1.29, 1.82) is 0 Å².